The first-order chi connectivity index (χ1) is 22.4. The van der Waals surface area contributed by atoms with Gasteiger partial charge in [-0.2, -0.15) is 13.2 Å². The van der Waals surface area contributed by atoms with E-state index in [1.54, 1.807) is 31.2 Å². The van der Waals surface area contributed by atoms with Crippen molar-refractivity contribution in [1.29, 1.82) is 0 Å². The Kier molecular flexibility index (Phi) is 8.68. The number of carbonyl (C=O) groups is 4. The van der Waals surface area contributed by atoms with Crippen LogP contribution in [-0.4, -0.2) is 47.1 Å². The number of carbonyl (C=O) groups excluding carboxylic acids is 4. The number of benzene rings is 3. The van der Waals surface area contributed by atoms with E-state index in [2.05, 4.69) is 10.3 Å². The molecule has 0 aliphatic carbocycles. The average Bonchev–Trinajstić information content (AvgIpc) is 3.53. The molecule has 0 unspecified atom stereocenters. The summed E-state index contributed by atoms with van der Waals surface area (Å²) in [4.78, 5) is 68.8. The van der Waals surface area contributed by atoms with Gasteiger partial charge < -0.3 is 19.8 Å². The molecule has 3 aromatic carbocycles. The normalized spacial score (nSPS) is 18.8. The number of H-pyrrole nitrogens is 1. The Hall–Kier alpha value is -4.89. The van der Waals surface area contributed by atoms with Gasteiger partial charge in [-0.15, -0.1) is 0 Å². The van der Waals surface area contributed by atoms with Crippen LogP contribution < -0.4 is 19.8 Å². The fraction of sp³-hybridized carbons (Fsp3) is 0.219. The molecule has 0 saturated carbocycles. The number of ether oxygens (including phenoxy) is 2. The number of esters is 1. The molecule has 0 spiro atoms. The maximum absolute atomic E-state index is 14.0. The highest BCUT2D eigenvalue weighted by molar-refractivity contribution is 8.00. The highest BCUT2D eigenvalue weighted by Gasteiger charge is 2.56. The topological polar surface area (TPSA) is 135 Å². The van der Waals surface area contributed by atoms with Gasteiger partial charge in [0, 0.05) is 16.5 Å². The lowest BCUT2D eigenvalue weighted by atomic mass is 9.83. The summed E-state index contributed by atoms with van der Waals surface area (Å²) in [7, 11) is 0. The monoisotopic (exact) mass is 683 g/mol. The molecule has 3 heterocycles. The molecule has 242 valence electrons. The van der Waals surface area contributed by atoms with E-state index in [9.17, 15) is 37.1 Å². The standard InChI is InChI=1S/C32H24F3N3O7S2/c1-2-44-30(42)16-9-11-20(12-10-16)38-28(40)24-23(25-27(37-31(43)47-25)46-26(24)29(38)41)17-5-3-8-21(13-17)45-15-22(39)36-19-7-4-6-18(14-19)32(33,34)35/h3-14,23-24,26H,2,15H2,1H3,(H,36,39)(H,37,43)/t23-,24-,26+/m0/s1. The molecule has 2 aliphatic heterocycles. The maximum Gasteiger partial charge on any atom is 0.416 e. The summed E-state index contributed by atoms with van der Waals surface area (Å²) in [6.45, 7) is 1.35. The van der Waals surface area contributed by atoms with Gasteiger partial charge in [-0.3, -0.25) is 19.2 Å². The van der Waals surface area contributed by atoms with Crippen LogP contribution in [0.15, 0.2) is 82.6 Å². The van der Waals surface area contributed by atoms with Crippen molar-refractivity contribution in [2.75, 3.05) is 23.4 Å². The van der Waals surface area contributed by atoms with E-state index in [0.717, 1.165) is 40.1 Å². The molecular formula is C32H24F3N3O7S2. The van der Waals surface area contributed by atoms with E-state index in [0.29, 0.717) is 15.5 Å². The number of fused-ring (bicyclic) bond motifs is 2. The third kappa shape index (κ3) is 6.40. The predicted molar refractivity (Wildman–Crippen MR) is 167 cm³/mol. The summed E-state index contributed by atoms with van der Waals surface area (Å²) in [6.07, 6.45) is -4.57. The number of anilines is 2. The van der Waals surface area contributed by atoms with E-state index in [1.807, 2.05) is 0 Å². The summed E-state index contributed by atoms with van der Waals surface area (Å²) in [6, 6.07) is 16.6. The van der Waals surface area contributed by atoms with E-state index in [-0.39, 0.29) is 34.2 Å². The highest BCUT2D eigenvalue weighted by Crippen LogP contribution is 2.53. The van der Waals surface area contributed by atoms with Crippen LogP contribution in [-0.2, 0) is 25.3 Å². The van der Waals surface area contributed by atoms with Crippen molar-refractivity contribution in [3.05, 3.63) is 104 Å². The van der Waals surface area contributed by atoms with Crippen LogP contribution >= 0.6 is 23.1 Å². The second kappa shape index (κ2) is 12.7. The summed E-state index contributed by atoms with van der Waals surface area (Å²) < 4.78 is 49.8. The number of rotatable bonds is 8. The second-order valence-electron chi connectivity index (χ2n) is 10.5. The lowest BCUT2D eigenvalue weighted by Gasteiger charge is -2.30. The quantitative estimate of drug-likeness (QED) is 0.185. The molecule has 10 nitrogen and oxygen atoms in total. The fourth-order valence-corrected chi connectivity index (χ4v) is 8.02. The predicted octanol–water partition coefficient (Wildman–Crippen LogP) is 5.45. The SMILES string of the molecule is CCOC(=O)c1ccc(N2C(=O)[C@H]3[C@H](c4cccc(OCC(=O)Nc5cccc(C(F)(F)F)c5)c4)c4sc(=O)[nH]c4S[C@H]3C2=O)cc1. The Morgan fingerprint density at radius 1 is 0.979 bits per heavy atom. The Bertz CT molecular complexity index is 1940. The number of thioether (sulfide) groups is 1. The molecule has 1 aromatic heterocycles. The summed E-state index contributed by atoms with van der Waals surface area (Å²) >= 11 is 2.04. The third-order valence-electron chi connectivity index (χ3n) is 7.52. The van der Waals surface area contributed by atoms with Gasteiger partial charge in [-0.1, -0.05) is 41.3 Å². The molecular weight excluding hydrogens is 659 g/mol. The summed E-state index contributed by atoms with van der Waals surface area (Å²) in [5, 5.41) is 1.99. The van der Waals surface area contributed by atoms with Crippen LogP contribution in [0.25, 0.3) is 0 Å². The van der Waals surface area contributed by atoms with E-state index in [4.69, 9.17) is 9.47 Å². The van der Waals surface area contributed by atoms with Crippen molar-refractivity contribution in [1.82, 2.24) is 4.98 Å². The van der Waals surface area contributed by atoms with Crippen LogP contribution in [0, 0.1) is 5.92 Å². The number of aromatic nitrogens is 1. The van der Waals surface area contributed by atoms with Crippen LogP contribution in [0.2, 0.25) is 0 Å². The number of thiazole rings is 1. The molecule has 15 heteroatoms. The molecule has 3 atom stereocenters. The van der Waals surface area contributed by atoms with Gasteiger partial charge >= 0.3 is 17.0 Å². The molecule has 4 aromatic rings. The van der Waals surface area contributed by atoms with Crippen LogP contribution in [0.3, 0.4) is 0 Å². The minimum atomic E-state index is -4.57. The van der Waals surface area contributed by atoms with Gasteiger partial charge in [0.15, 0.2) is 6.61 Å². The first-order valence-corrected chi connectivity index (χ1v) is 15.9. The molecule has 2 aliphatic rings. The van der Waals surface area contributed by atoms with Gasteiger partial charge in [-0.05, 0) is 67.1 Å². The van der Waals surface area contributed by atoms with E-state index >= 15 is 0 Å². The summed E-state index contributed by atoms with van der Waals surface area (Å²) in [5.74, 6) is -3.58. The van der Waals surface area contributed by atoms with E-state index < -0.39 is 59.1 Å². The molecule has 3 amide bonds. The third-order valence-corrected chi connectivity index (χ3v) is 9.92. The zero-order chi connectivity index (χ0) is 33.5. The van der Waals surface area contributed by atoms with Gasteiger partial charge in [0.1, 0.15) is 11.0 Å². The van der Waals surface area contributed by atoms with Crippen molar-refractivity contribution in [2.24, 2.45) is 5.92 Å². The van der Waals surface area contributed by atoms with Gasteiger partial charge in [0.05, 0.1) is 34.4 Å². The number of hydrogen-bond donors (Lipinski definition) is 2. The van der Waals surface area contributed by atoms with Gasteiger partial charge in [0.2, 0.25) is 11.8 Å². The van der Waals surface area contributed by atoms with Crippen molar-refractivity contribution in [2.45, 2.75) is 29.3 Å². The first kappa shape index (κ1) is 32.1. The van der Waals surface area contributed by atoms with Crippen molar-refractivity contribution < 1.29 is 41.8 Å². The first-order valence-electron chi connectivity index (χ1n) is 14.2. The van der Waals surface area contributed by atoms with Crippen LogP contribution in [0.5, 0.6) is 5.75 Å². The van der Waals surface area contributed by atoms with Gasteiger partial charge in [-0.25, -0.2) is 9.69 Å². The number of nitrogens with one attached hydrogen (secondary N) is 2. The zero-order valence-corrected chi connectivity index (χ0v) is 26.0. The van der Waals surface area contributed by atoms with Crippen molar-refractivity contribution >= 4 is 58.2 Å². The minimum absolute atomic E-state index is 0.0488. The lowest BCUT2D eigenvalue weighted by Crippen LogP contribution is -2.32. The largest absolute Gasteiger partial charge is 0.484 e. The average molecular weight is 684 g/mol. The van der Waals surface area contributed by atoms with Crippen molar-refractivity contribution in [3.63, 3.8) is 0 Å². The lowest BCUT2D eigenvalue weighted by molar-refractivity contribution is -0.137. The number of hydrogen-bond acceptors (Lipinski definition) is 9. The number of nitrogens with zero attached hydrogens (tertiary/aromatic N) is 1. The zero-order valence-electron chi connectivity index (χ0n) is 24.3. The Balaban J connectivity index is 1.24. The molecule has 1 fully saturated rings. The molecule has 47 heavy (non-hydrogen) atoms. The highest BCUT2D eigenvalue weighted by atomic mass is 32.2. The van der Waals surface area contributed by atoms with Crippen molar-refractivity contribution in [3.8, 4) is 5.75 Å². The smallest absolute Gasteiger partial charge is 0.416 e. The molecule has 0 bridgehead atoms. The van der Waals surface area contributed by atoms with E-state index in [1.165, 1.54) is 36.4 Å². The second-order valence-corrected chi connectivity index (χ2v) is 12.7. The molecule has 1 saturated heterocycles. The Morgan fingerprint density at radius 3 is 2.45 bits per heavy atom. The molecule has 2 N–H and O–H groups in total. The summed E-state index contributed by atoms with van der Waals surface area (Å²) in [5.41, 5.74) is 0.133. The number of halogens is 3. The molecule has 0 radical (unpaired) electrons. The van der Waals surface area contributed by atoms with Gasteiger partial charge in [0.25, 0.3) is 5.91 Å². The van der Waals surface area contributed by atoms with Crippen LogP contribution in [0.4, 0.5) is 24.5 Å². The Morgan fingerprint density at radius 2 is 1.72 bits per heavy atom. The minimum Gasteiger partial charge on any atom is -0.484 e. The number of alkyl halides is 3. The number of imide groups is 1. The Labute approximate surface area is 272 Å². The fourth-order valence-electron chi connectivity index (χ4n) is 5.51. The molecule has 6 rings (SSSR count). The number of aromatic amines is 1. The van der Waals surface area contributed by atoms with Crippen LogP contribution in [0.1, 0.15) is 39.2 Å². The number of amides is 3. The maximum atomic E-state index is 14.0.